The molecule has 30 heavy (non-hydrogen) atoms. The first-order valence-electron chi connectivity index (χ1n) is 10.9. The van der Waals surface area contributed by atoms with Gasteiger partial charge in [-0.05, 0) is 58.1 Å². The molecule has 0 spiro atoms. The lowest BCUT2D eigenvalue weighted by Crippen LogP contribution is -2.41. The van der Waals surface area contributed by atoms with Crippen LogP contribution >= 0.6 is 0 Å². The van der Waals surface area contributed by atoms with Gasteiger partial charge in [-0.1, -0.05) is 26.0 Å². The van der Waals surface area contributed by atoms with Crippen molar-refractivity contribution in [2.75, 3.05) is 13.1 Å². The van der Waals surface area contributed by atoms with Crippen molar-refractivity contribution in [2.24, 2.45) is 10.7 Å². The second kappa shape index (κ2) is 8.56. The van der Waals surface area contributed by atoms with Crippen molar-refractivity contribution in [3.63, 3.8) is 0 Å². The number of carbonyl (C=O) groups is 1. The highest BCUT2D eigenvalue weighted by atomic mass is 16.7. The number of carbonyl (C=O) groups excluding carboxylic acids is 1. The van der Waals surface area contributed by atoms with Crippen molar-refractivity contribution in [3.8, 4) is 0 Å². The Morgan fingerprint density at radius 1 is 1.13 bits per heavy atom. The second-order valence-electron chi connectivity index (χ2n) is 9.15. The van der Waals surface area contributed by atoms with Gasteiger partial charge in [0.2, 0.25) is 5.91 Å². The summed E-state index contributed by atoms with van der Waals surface area (Å²) < 4.78 is 12.3. The summed E-state index contributed by atoms with van der Waals surface area (Å²) in [5, 5.41) is 0. The van der Waals surface area contributed by atoms with Gasteiger partial charge >= 0.3 is 7.12 Å². The lowest BCUT2D eigenvalue weighted by atomic mass is 9.78. The molecule has 0 unspecified atom stereocenters. The Hall–Kier alpha value is -2.12. The van der Waals surface area contributed by atoms with Gasteiger partial charge in [-0.25, -0.2) is 4.99 Å². The Labute approximate surface area is 180 Å². The SMILES string of the molecule is CCCN(CCC)C(=O)C1=Cc2ccc(B3OC(C)(C)C(C)(C)O3)cc2N=C(N)C1. The summed E-state index contributed by atoms with van der Waals surface area (Å²) >= 11 is 0. The van der Waals surface area contributed by atoms with Crippen LogP contribution in [0.15, 0.2) is 28.8 Å². The molecule has 2 N–H and O–H groups in total. The first kappa shape index (κ1) is 22.6. The van der Waals surface area contributed by atoms with Crippen LogP contribution in [0.2, 0.25) is 0 Å². The summed E-state index contributed by atoms with van der Waals surface area (Å²) in [6, 6.07) is 5.89. The van der Waals surface area contributed by atoms with Gasteiger partial charge in [-0.3, -0.25) is 4.79 Å². The van der Waals surface area contributed by atoms with Crippen molar-refractivity contribution in [2.45, 2.75) is 72.0 Å². The predicted octanol–water partition coefficient (Wildman–Crippen LogP) is 3.41. The molecule has 3 rings (SSSR count). The van der Waals surface area contributed by atoms with Crippen LogP contribution in [0.3, 0.4) is 0 Å². The summed E-state index contributed by atoms with van der Waals surface area (Å²) in [6.07, 6.45) is 4.13. The van der Waals surface area contributed by atoms with Gasteiger partial charge in [-0.2, -0.15) is 0 Å². The highest BCUT2D eigenvalue weighted by molar-refractivity contribution is 6.62. The number of amidine groups is 1. The molecule has 2 aliphatic heterocycles. The van der Waals surface area contributed by atoms with Gasteiger partial charge in [-0.15, -0.1) is 0 Å². The molecule has 1 aromatic rings. The molecule has 0 aromatic heterocycles. The summed E-state index contributed by atoms with van der Waals surface area (Å²) in [4.78, 5) is 19.6. The zero-order valence-electron chi connectivity index (χ0n) is 19.1. The van der Waals surface area contributed by atoms with E-state index in [0.29, 0.717) is 17.8 Å². The van der Waals surface area contributed by atoms with Crippen molar-refractivity contribution >= 4 is 36.1 Å². The van der Waals surface area contributed by atoms with E-state index in [9.17, 15) is 4.79 Å². The molecule has 6 nitrogen and oxygen atoms in total. The van der Waals surface area contributed by atoms with Crippen LogP contribution < -0.4 is 11.2 Å². The lowest BCUT2D eigenvalue weighted by Gasteiger charge is -2.32. The van der Waals surface area contributed by atoms with E-state index in [1.54, 1.807) is 0 Å². The monoisotopic (exact) mass is 411 g/mol. The third-order valence-electron chi connectivity index (χ3n) is 6.09. The Morgan fingerprint density at radius 2 is 1.73 bits per heavy atom. The summed E-state index contributed by atoms with van der Waals surface area (Å²) in [5.74, 6) is 0.479. The van der Waals surface area contributed by atoms with Crippen LogP contribution in [0.5, 0.6) is 0 Å². The Bertz CT molecular complexity index is 854. The average molecular weight is 411 g/mol. The van der Waals surface area contributed by atoms with Crippen LogP contribution in [0.25, 0.3) is 6.08 Å². The van der Waals surface area contributed by atoms with E-state index in [-0.39, 0.29) is 5.91 Å². The van der Waals surface area contributed by atoms with Crippen LogP contribution in [-0.4, -0.2) is 48.1 Å². The van der Waals surface area contributed by atoms with Gasteiger partial charge in [0, 0.05) is 30.6 Å². The molecule has 1 amide bonds. The van der Waals surface area contributed by atoms with Crippen molar-refractivity contribution in [3.05, 3.63) is 29.3 Å². The highest BCUT2D eigenvalue weighted by Gasteiger charge is 2.51. The standard InChI is InChI=1S/C23H34BN3O3/c1-7-11-27(12-8-2)21(28)17-13-16-9-10-18(15-19(16)26-20(25)14-17)24-29-22(3,4)23(5,6)30-24/h9-10,13,15H,7-8,11-12,14H2,1-6H3,(H2,25,26). The molecule has 0 atom stereocenters. The number of hydrogen-bond acceptors (Lipinski definition) is 5. The first-order chi connectivity index (χ1) is 14.1. The van der Waals surface area contributed by atoms with Gasteiger partial charge < -0.3 is 19.9 Å². The van der Waals surface area contributed by atoms with Gasteiger partial charge in [0.1, 0.15) is 5.84 Å². The molecule has 0 saturated carbocycles. The maximum atomic E-state index is 13.1. The molecule has 0 bridgehead atoms. The Kier molecular flexibility index (Phi) is 6.44. The maximum absolute atomic E-state index is 13.1. The normalized spacial score (nSPS) is 19.6. The van der Waals surface area contributed by atoms with E-state index < -0.39 is 18.3 Å². The summed E-state index contributed by atoms with van der Waals surface area (Å²) in [7, 11) is -0.463. The first-order valence-corrected chi connectivity index (χ1v) is 10.9. The minimum absolute atomic E-state index is 0.0414. The number of rotatable bonds is 6. The lowest BCUT2D eigenvalue weighted by molar-refractivity contribution is -0.127. The Balaban J connectivity index is 1.91. The molecule has 1 aromatic carbocycles. The van der Waals surface area contributed by atoms with Crippen LogP contribution in [-0.2, 0) is 14.1 Å². The fourth-order valence-corrected chi connectivity index (χ4v) is 3.73. The minimum atomic E-state index is -0.463. The predicted molar refractivity (Wildman–Crippen MR) is 123 cm³/mol. The molecule has 1 fully saturated rings. The number of fused-ring (bicyclic) bond motifs is 1. The third-order valence-corrected chi connectivity index (χ3v) is 6.09. The van der Waals surface area contributed by atoms with Crippen LogP contribution in [0.4, 0.5) is 5.69 Å². The maximum Gasteiger partial charge on any atom is 0.494 e. The number of benzene rings is 1. The van der Waals surface area contributed by atoms with E-state index in [4.69, 9.17) is 15.0 Å². The molecule has 2 aliphatic rings. The quantitative estimate of drug-likeness (QED) is 0.728. The molecule has 1 saturated heterocycles. The fraction of sp³-hybridized carbons (Fsp3) is 0.565. The zero-order chi connectivity index (χ0) is 22.1. The zero-order valence-corrected chi connectivity index (χ0v) is 19.1. The molecule has 0 radical (unpaired) electrons. The second-order valence-corrected chi connectivity index (χ2v) is 9.15. The smallest absolute Gasteiger partial charge is 0.399 e. The molecular formula is C23H34BN3O3. The van der Waals surface area contributed by atoms with Gasteiger partial charge in [0.25, 0.3) is 0 Å². The van der Waals surface area contributed by atoms with E-state index in [2.05, 4.69) is 18.8 Å². The van der Waals surface area contributed by atoms with Crippen LogP contribution in [0.1, 0.15) is 66.4 Å². The van der Waals surface area contributed by atoms with E-state index in [0.717, 1.165) is 42.6 Å². The molecule has 162 valence electrons. The molecular weight excluding hydrogens is 377 g/mol. The topological polar surface area (TPSA) is 77.2 Å². The van der Waals surface area contributed by atoms with E-state index in [1.165, 1.54) is 0 Å². The van der Waals surface area contributed by atoms with Crippen molar-refractivity contribution in [1.29, 1.82) is 0 Å². The molecule has 2 heterocycles. The van der Waals surface area contributed by atoms with Crippen molar-refractivity contribution < 1.29 is 14.1 Å². The summed E-state index contributed by atoms with van der Waals surface area (Å²) in [6.45, 7) is 13.8. The fourth-order valence-electron chi connectivity index (χ4n) is 3.73. The van der Waals surface area contributed by atoms with Gasteiger partial charge in [0.15, 0.2) is 0 Å². The number of hydrogen-bond donors (Lipinski definition) is 1. The minimum Gasteiger partial charge on any atom is -0.399 e. The number of nitrogens with zero attached hydrogens (tertiary/aromatic N) is 2. The van der Waals surface area contributed by atoms with Gasteiger partial charge in [0.05, 0.1) is 16.9 Å². The average Bonchev–Trinajstić information content (AvgIpc) is 2.79. The number of aliphatic imine (C=N–C) groups is 1. The summed E-state index contributed by atoms with van der Waals surface area (Å²) in [5.41, 5.74) is 8.57. The highest BCUT2D eigenvalue weighted by Crippen LogP contribution is 2.37. The molecule has 0 aliphatic carbocycles. The largest absolute Gasteiger partial charge is 0.494 e. The molecule has 7 heteroatoms. The van der Waals surface area contributed by atoms with E-state index in [1.807, 2.05) is 56.9 Å². The van der Waals surface area contributed by atoms with Crippen LogP contribution in [0, 0.1) is 0 Å². The number of nitrogens with two attached hydrogens (primary N) is 1. The number of amides is 1. The Morgan fingerprint density at radius 3 is 2.30 bits per heavy atom. The van der Waals surface area contributed by atoms with Crippen molar-refractivity contribution in [1.82, 2.24) is 4.90 Å². The van der Waals surface area contributed by atoms with E-state index >= 15 is 0 Å². The third kappa shape index (κ3) is 4.47.